The van der Waals surface area contributed by atoms with Crippen molar-refractivity contribution >= 4 is 11.8 Å². The highest BCUT2D eigenvalue weighted by Gasteiger charge is 2.30. The van der Waals surface area contributed by atoms with Crippen LogP contribution in [0.1, 0.15) is 47.2 Å². The lowest BCUT2D eigenvalue weighted by Crippen LogP contribution is -2.56. The molecule has 5 nitrogen and oxygen atoms in total. The van der Waals surface area contributed by atoms with E-state index in [0.717, 1.165) is 5.56 Å². The highest BCUT2D eigenvalue weighted by molar-refractivity contribution is 5.98. The second-order valence-corrected chi connectivity index (χ2v) is 6.33. The summed E-state index contributed by atoms with van der Waals surface area (Å²) >= 11 is 0. The molecule has 23 heavy (non-hydrogen) atoms. The fraction of sp³-hybridized carbons (Fsp3) is 0.278. The van der Waals surface area contributed by atoms with Crippen LogP contribution in [0, 0.1) is 6.92 Å². The first-order valence-corrected chi connectivity index (χ1v) is 7.42. The van der Waals surface area contributed by atoms with Gasteiger partial charge in [0.25, 0.3) is 11.8 Å². The van der Waals surface area contributed by atoms with Gasteiger partial charge in [-0.1, -0.05) is 23.8 Å². The molecule has 2 aromatic rings. The first kappa shape index (κ1) is 16.7. The van der Waals surface area contributed by atoms with Gasteiger partial charge in [0.2, 0.25) is 0 Å². The molecule has 1 aromatic carbocycles. The Kier molecular flexibility index (Phi) is 4.79. The lowest BCUT2D eigenvalue weighted by molar-refractivity contribution is 0.0353. The fourth-order valence-electron chi connectivity index (χ4n) is 2.00. The van der Waals surface area contributed by atoms with Gasteiger partial charge in [-0.15, -0.1) is 0 Å². The number of aromatic nitrogens is 1. The van der Waals surface area contributed by atoms with Crippen LogP contribution in [0.5, 0.6) is 0 Å². The van der Waals surface area contributed by atoms with E-state index in [1.54, 1.807) is 36.5 Å². The smallest absolute Gasteiger partial charge is 0.267 e. The van der Waals surface area contributed by atoms with Crippen molar-refractivity contribution in [1.29, 1.82) is 0 Å². The molecular weight excluding hydrogens is 290 g/mol. The van der Waals surface area contributed by atoms with Gasteiger partial charge in [0.1, 0.15) is 5.69 Å². The van der Waals surface area contributed by atoms with Crippen molar-refractivity contribution in [3.05, 3.63) is 65.5 Å². The first-order chi connectivity index (χ1) is 10.8. The number of nitrogens with zero attached hydrogens (tertiary/aromatic N) is 2. The maximum Gasteiger partial charge on any atom is 0.291 e. The lowest BCUT2D eigenvalue weighted by atomic mass is 10.1. The van der Waals surface area contributed by atoms with Crippen LogP contribution in [-0.4, -0.2) is 27.3 Å². The van der Waals surface area contributed by atoms with E-state index in [4.69, 9.17) is 0 Å². The van der Waals surface area contributed by atoms with Gasteiger partial charge in [0, 0.05) is 11.8 Å². The van der Waals surface area contributed by atoms with Gasteiger partial charge in [-0.25, -0.2) is 5.01 Å². The number of aryl methyl sites for hydroxylation is 1. The largest absolute Gasteiger partial charge is 0.291 e. The second kappa shape index (κ2) is 6.60. The van der Waals surface area contributed by atoms with E-state index in [-0.39, 0.29) is 17.5 Å². The number of pyridine rings is 1. The summed E-state index contributed by atoms with van der Waals surface area (Å²) in [6.07, 6.45) is 1.55. The monoisotopic (exact) mass is 311 g/mol. The number of rotatable bonds is 2. The minimum absolute atomic E-state index is 0.284. The summed E-state index contributed by atoms with van der Waals surface area (Å²) < 4.78 is 0. The Hall–Kier alpha value is -2.69. The molecule has 0 aliphatic carbocycles. The summed E-state index contributed by atoms with van der Waals surface area (Å²) in [5, 5.41) is 1.32. The van der Waals surface area contributed by atoms with Gasteiger partial charge < -0.3 is 0 Å². The number of carbonyl (C=O) groups excluding carboxylic acids is 2. The lowest BCUT2D eigenvalue weighted by Gasteiger charge is -2.35. The average Bonchev–Trinajstić information content (AvgIpc) is 2.52. The molecule has 2 rings (SSSR count). The summed E-state index contributed by atoms with van der Waals surface area (Å²) in [5.74, 6) is -0.678. The van der Waals surface area contributed by atoms with Crippen molar-refractivity contribution in [2.45, 2.75) is 33.2 Å². The van der Waals surface area contributed by atoms with Gasteiger partial charge >= 0.3 is 0 Å². The van der Waals surface area contributed by atoms with Gasteiger partial charge in [0.15, 0.2) is 0 Å². The number of amides is 2. The topological polar surface area (TPSA) is 62.3 Å². The third-order valence-electron chi connectivity index (χ3n) is 3.29. The molecule has 1 heterocycles. The second-order valence-electron chi connectivity index (χ2n) is 6.33. The molecule has 0 aliphatic heterocycles. The molecule has 0 radical (unpaired) electrons. The number of hydrazine groups is 1. The van der Waals surface area contributed by atoms with Crippen LogP contribution in [0.3, 0.4) is 0 Å². The van der Waals surface area contributed by atoms with E-state index in [1.807, 2.05) is 39.8 Å². The van der Waals surface area contributed by atoms with E-state index in [0.29, 0.717) is 5.56 Å². The van der Waals surface area contributed by atoms with Crippen LogP contribution in [-0.2, 0) is 0 Å². The summed E-state index contributed by atoms with van der Waals surface area (Å²) in [4.78, 5) is 29.1. The molecule has 0 aliphatic rings. The maximum atomic E-state index is 12.7. The van der Waals surface area contributed by atoms with E-state index < -0.39 is 5.54 Å². The van der Waals surface area contributed by atoms with Crippen molar-refractivity contribution in [1.82, 2.24) is 15.4 Å². The zero-order valence-corrected chi connectivity index (χ0v) is 13.8. The zero-order chi connectivity index (χ0) is 17.0. The van der Waals surface area contributed by atoms with E-state index in [1.165, 1.54) is 5.01 Å². The Morgan fingerprint density at radius 1 is 1.04 bits per heavy atom. The molecule has 120 valence electrons. The molecule has 1 N–H and O–H groups in total. The quantitative estimate of drug-likeness (QED) is 0.867. The van der Waals surface area contributed by atoms with Crippen LogP contribution < -0.4 is 5.43 Å². The Labute approximate surface area is 136 Å². The Morgan fingerprint density at radius 3 is 2.22 bits per heavy atom. The fourth-order valence-corrected chi connectivity index (χ4v) is 2.00. The van der Waals surface area contributed by atoms with E-state index in [2.05, 4.69) is 10.4 Å². The molecular formula is C18H21N3O2. The van der Waals surface area contributed by atoms with E-state index in [9.17, 15) is 9.59 Å². The zero-order valence-electron chi connectivity index (χ0n) is 13.8. The predicted octanol–water partition coefficient (Wildman–Crippen LogP) is 2.98. The van der Waals surface area contributed by atoms with Crippen molar-refractivity contribution in [2.24, 2.45) is 0 Å². The number of hydrogen-bond acceptors (Lipinski definition) is 3. The molecule has 0 fully saturated rings. The van der Waals surface area contributed by atoms with Crippen molar-refractivity contribution < 1.29 is 9.59 Å². The molecule has 1 aromatic heterocycles. The van der Waals surface area contributed by atoms with Gasteiger partial charge in [-0.05, 0) is 52.0 Å². The van der Waals surface area contributed by atoms with Crippen molar-refractivity contribution in [3.8, 4) is 0 Å². The number of carbonyl (C=O) groups is 2. The SMILES string of the molecule is Cc1ccc(C(=O)NN(C(=O)c2ccccn2)C(C)(C)C)cc1. The van der Waals surface area contributed by atoms with Gasteiger partial charge in [-0.2, -0.15) is 0 Å². The van der Waals surface area contributed by atoms with Crippen LogP contribution in [0.15, 0.2) is 48.7 Å². The summed E-state index contributed by atoms with van der Waals surface area (Å²) in [5.41, 5.74) is 3.96. The van der Waals surface area contributed by atoms with E-state index >= 15 is 0 Å². The molecule has 0 unspecified atom stereocenters. The molecule has 0 spiro atoms. The molecule has 5 heteroatoms. The molecule has 0 saturated heterocycles. The maximum absolute atomic E-state index is 12.7. The minimum atomic E-state index is -0.588. The highest BCUT2D eigenvalue weighted by atomic mass is 16.2. The predicted molar refractivity (Wildman–Crippen MR) is 88.8 cm³/mol. The average molecular weight is 311 g/mol. The third-order valence-corrected chi connectivity index (χ3v) is 3.29. The summed E-state index contributed by atoms with van der Waals surface area (Å²) in [6.45, 7) is 7.50. The Balaban J connectivity index is 2.24. The normalized spacial score (nSPS) is 11.0. The van der Waals surface area contributed by atoms with Gasteiger partial charge in [-0.3, -0.25) is 20.0 Å². The van der Waals surface area contributed by atoms with Crippen molar-refractivity contribution in [2.75, 3.05) is 0 Å². The number of benzene rings is 1. The van der Waals surface area contributed by atoms with Crippen molar-refractivity contribution in [3.63, 3.8) is 0 Å². The Morgan fingerprint density at radius 2 is 1.70 bits per heavy atom. The van der Waals surface area contributed by atoms with Crippen LogP contribution in [0.4, 0.5) is 0 Å². The summed E-state index contributed by atoms with van der Waals surface area (Å²) in [7, 11) is 0. The standard InChI is InChI=1S/C18H21N3O2/c1-13-8-10-14(11-9-13)16(22)20-21(18(2,3)4)17(23)15-7-5-6-12-19-15/h5-12H,1-4H3,(H,20,22). The van der Waals surface area contributed by atoms with Gasteiger partial charge in [0.05, 0.1) is 5.54 Å². The van der Waals surface area contributed by atoms with Crippen LogP contribution >= 0.6 is 0 Å². The third kappa shape index (κ3) is 4.16. The van der Waals surface area contributed by atoms with Crippen LogP contribution in [0.2, 0.25) is 0 Å². The molecule has 0 bridgehead atoms. The Bertz CT molecular complexity index is 688. The number of nitrogens with one attached hydrogen (secondary N) is 1. The molecule has 0 saturated carbocycles. The number of hydrogen-bond donors (Lipinski definition) is 1. The highest BCUT2D eigenvalue weighted by Crippen LogP contribution is 2.15. The molecule has 0 atom stereocenters. The summed E-state index contributed by atoms with van der Waals surface area (Å²) in [6, 6.07) is 12.3. The molecule has 2 amide bonds. The first-order valence-electron chi connectivity index (χ1n) is 7.42. The minimum Gasteiger partial charge on any atom is -0.267 e. The van der Waals surface area contributed by atoms with Crippen LogP contribution in [0.25, 0.3) is 0 Å².